The normalized spacial score (nSPS) is 10.1. The lowest BCUT2D eigenvalue weighted by molar-refractivity contribution is 0.112. The fourth-order valence-electron chi connectivity index (χ4n) is 1.36. The second-order valence-electron chi connectivity index (χ2n) is 3.04. The highest BCUT2D eigenvalue weighted by Gasteiger charge is 2.13. The monoisotopic (exact) mass is 252 g/mol. The van der Waals surface area contributed by atoms with E-state index in [0.29, 0.717) is 33.2 Å². The van der Waals surface area contributed by atoms with Crippen LogP contribution in [0.5, 0.6) is 0 Å². The minimum absolute atomic E-state index is 0.359. The van der Waals surface area contributed by atoms with E-state index in [2.05, 4.69) is 9.97 Å². The zero-order valence-corrected chi connectivity index (χ0v) is 9.53. The van der Waals surface area contributed by atoms with Crippen molar-refractivity contribution in [3.05, 3.63) is 46.3 Å². The zero-order chi connectivity index (χ0) is 11.5. The molecular weight excluding hydrogens is 247 g/mol. The maximum absolute atomic E-state index is 10.9. The summed E-state index contributed by atoms with van der Waals surface area (Å²) >= 11 is 12.1. The van der Waals surface area contributed by atoms with E-state index in [4.69, 9.17) is 23.2 Å². The fraction of sp³-hybridized carbons (Fsp3) is 0. The molecule has 0 bridgehead atoms. The Labute approximate surface area is 102 Å². The van der Waals surface area contributed by atoms with Gasteiger partial charge in [-0.1, -0.05) is 29.3 Å². The summed E-state index contributed by atoms with van der Waals surface area (Å²) in [5.74, 6) is 0. The Kier molecular flexibility index (Phi) is 3.17. The van der Waals surface area contributed by atoms with Gasteiger partial charge in [-0.3, -0.25) is 4.79 Å². The van der Waals surface area contributed by atoms with Gasteiger partial charge in [-0.2, -0.15) is 0 Å². The number of hydrogen-bond donors (Lipinski definition) is 0. The highest BCUT2D eigenvalue weighted by molar-refractivity contribution is 6.39. The Balaban J connectivity index is 2.72. The van der Waals surface area contributed by atoms with Crippen LogP contribution >= 0.6 is 23.2 Å². The van der Waals surface area contributed by atoms with E-state index >= 15 is 0 Å². The van der Waals surface area contributed by atoms with Crippen molar-refractivity contribution in [3.63, 3.8) is 0 Å². The first kappa shape index (κ1) is 11.0. The average Bonchev–Trinajstić information content (AvgIpc) is 2.29. The minimum atomic E-state index is 0.359. The summed E-state index contributed by atoms with van der Waals surface area (Å²) < 4.78 is 0. The van der Waals surface area contributed by atoms with Crippen molar-refractivity contribution in [2.75, 3.05) is 0 Å². The molecule has 0 N–H and O–H groups in total. The van der Waals surface area contributed by atoms with E-state index in [1.165, 1.54) is 12.5 Å². The number of aromatic nitrogens is 2. The predicted octanol–water partition coefficient (Wildman–Crippen LogP) is 3.26. The molecule has 0 radical (unpaired) electrons. The standard InChI is InChI=1S/C11H6Cl2N2O/c12-8-2-1-3-9(13)10(8)11-7(5-16)4-14-6-15-11/h1-6H. The Morgan fingerprint density at radius 3 is 2.50 bits per heavy atom. The van der Waals surface area contributed by atoms with Gasteiger partial charge in [-0.05, 0) is 12.1 Å². The van der Waals surface area contributed by atoms with E-state index in [0.717, 1.165) is 0 Å². The van der Waals surface area contributed by atoms with Gasteiger partial charge in [0, 0.05) is 11.8 Å². The van der Waals surface area contributed by atoms with Crippen molar-refractivity contribution in [2.24, 2.45) is 0 Å². The second-order valence-corrected chi connectivity index (χ2v) is 3.86. The largest absolute Gasteiger partial charge is 0.298 e. The van der Waals surface area contributed by atoms with Crippen LogP contribution in [-0.4, -0.2) is 16.3 Å². The summed E-state index contributed by atoms with van der Waals surface area (Å²) in [4.78, 5) is 18.7. The topological polar surface area (TPSA) is 42.9 Å². The smallest absolute Gasteiger partial charge is 0.153 e. The van der Waals surface area contributed by atoms with Gasteiger partial charge in [0.1, 0.15) is 6.33 Å². The van der Waals surface area contributed by atoms with E-state index in [9.17, 15) is 4.79 Å². The summed E-state index contributed by atoms with van der Waals surface area (Å²) in [5.41, 5.74) is 1.36. The molecule has 0 saturated heterocycles. The van der Waals surface area contributed by atoms with Crippen molar-refractivity contribution >= 4 is 29.5 Å². The van der Waals surface area contributed by atoms with E-state index < -0.39 is 0 Å². The molecule has 1 aromatic carbocycles. The first-order valence-electron chi connectivity index (χ1n) is 4.43. The van der Waals surface area contributed by atoms with Crippen LogP contribution in [0.25, 0.3) is 11.3 Å². The molecule has 0 spiro atoms. The molecule has 0 saturated carbocycles. The van der Waals surface area contributed by atoms with Crippen LogP contribution in [0.2, 0.25) is 10.0 Å². The predicted molar refractivity (Wildman–Crippen MR) is 62.9 cm³/mol. The molecule has 3 nitrogen and oxygen atoms in total. The minimum Gasteiger partial charge on any atom is -0.298 e. The molecule has 16 heavy (non-hydrogen) atoms. The van der Waals surface area contributed by atoms with Gasteiger partial charge >= 0.3 is 0 Å². The second kappa shape index (κ2) is 4.60. The van der Waals surface area contributed by atoms with Gasteiger partial charge in [0.25, 0.3) is 0 Å². The van der Waals surface area contributed by atoms with Gasteiger partial charge in [0.15, 0.2) is 6.29 Å². The van der Waals surface area contributed by atoms with Crippen LogP contribution in [-0.2, 0) is 0 Å². The zero-order valence-electron chi connectivity index (χ0n) is 8.02. The Hall–Kier alpha value is -1.45. The third kappa shape index (κ3) is 1.92. The number of halogens is 2. The maximum atomic E-state index is 10.9. The van der Waals surface area contributed by atoms with Crippen molar-refractivity contribution in [2.45, 2.75) is 0 Å². The number of rotatable bonds is 2. The summed E-state index contributed by atoms with van der Waals surface area (Å²) in [7, 11) is 0. The van der Waals surface area contributed by atoms with Crippen LogP contribution in [0, 0.1) is 0 Å². The quantitative estimate of drug-likeness (QED) is 0.771. The highest BCUT2D eigenvalue weighted by Crippen LogP contribution is 2.34. The molecule has 1 heterocycles. The molecule has 1 aromatic heterocycles. The summed E-state index contributed by atoms with van der Waals surface area (Å²) in [5, 5.41) is 0.906. The van der Waals surface area contributed by atoms with Gasteiger partial charge in [0.2, 0.25) is 0 Å². The van der Waals surface area contributed by atoms with Crippen molar-refractivity contribution < 1.29 is 4.79 Å². The third-order valence-electron chi connectivity index (χ3n) is 2.07. The fourth-order valence-corrected chi connectivity index (χ4v) is 1.94. The van der Waals surface area contributed by atoms with E-state index in [1.54, 1.807) is 18.2 Å². The molecule has 2 rings (SSSR count). The average molecular weight is 253 g/mol. The summed E-state index contributed by atoms with van der Waals surface area (Å²) in [6.07, 6.45) is 3.45. The number of hydrogen-bond acceptors (Lipinski definition) is 3. The highest BCUT2D eigenvalue weighted by atomic mass is 35.5. The van der Waals surface area contributed by atoms with E-state index in [-0.39, 0.29) is 0 Å². The molecule has 80 valence electrons. The molecular formula is C11H6Cl2N2O. The lowest BCUT2D eigenvalue weighted by atomic mass is 10.1. The molecule has 2 aromatic rings. The van der Waals surface area contributed by atoms with E-state index in [1.807, 2.05) is 0 Å². The summed E-state index contributed by atoms with van der Waals surface area (Å²) in [6.45, 7) is 0. The van der Waals surface area contributed by atoms with Crippen LogP contribution < -0.4 is 0 Å². The molecule has 0 aliphatic carbocycles. The van der Waals surface area contributed by atoms with Crippen LogP contribution in [0.4, 0.5) is 0 Å². The van der Waals surface area contributed by atoms with Gasteiger partial charge in [0.05, 0.1) is 21.3 Å². The van der Waals surface area contributed by atoms with Crippen LogP contribution in [0.15, 0.2) is 30.7 Å². The first-order chi connectivity index (χ1) is 7.74. The molecule has 0 atom stereocenters. The Morgan fingerprint density at radius 1 is 1.19 bits per heavy atom. The van der Waals surface area contributed by atoms with Crippen molar-refractivity contribution in [1.29, 1.82) is 0 Å². The first-order valence-corrected chi connectivity index (χ1v) is 5.19. The number of carbonyl (C=O) groups excluding carboxylic acids is 1. The lowest BCUT2D eigenvalue weighted by Gasteiger charge is -2.07. The number of aldehydes is 1. The number of nitrogens with zero attached hydrogens (tertiary/aromatic N) is 2. The molecule has 0 unspecified atom stereocenters. The molecule has 0 aliphatic heterocycles. The van der Waals surface area contributed by atoms with Gasteiger partial charge in [-0.25, -0.2) is 9.97 Å². The molecule has 0 amide bonds. The Bertz CT molecular complexity index is 523. The lowest BCUT2D eigenvalue weighted by Crippen LogP contribution is -1.94. The van der Waals surface area contributed by atoms with Gasteiger partial charge < -0.3 is 0 Å². The molecule has 0 fully saturated rings. The van der Waals surface area contributed by atoms with Crippen molar-refractivity contribution in [1.82, 2.24) is 9.97 Å². The number of benzene rings is 1. The Morgan fingerprint density at radius 2 is 1.88 bits per heavy atom. The van der Waals surface area contributed by atoms with Gasteiger partial charge in [-0.15, -0.1) is 0 Å². The maximum Gasteiger partial charge on any atom is 0.153 e. The SMILES string of the molecule is O=Cc1cncnc1-c1c(Cl)cccc1Cl. The van der Waals surface area contributed by atoms with Crippen molar-refractivity contribution in [3.8, 4) is 11.3 Å². The molecule has 5 heteroatoms. The number of carbonyl (C=O) groups is 1. The van der Waals surface area contributed by atoms with Crippen LogP contribution in [0.3, 0.4) is 0 Å². The van der Waals surface area contributed by atoms with Crippen LogP contribution in [0.1, 0.15) is 10.4 Å². The molecule has 0 aliphatic rings. The summed E-state index contributed by atoms with van der Waals surface area (Å²) in [6, 6.07) is 5.12. The third-order valence-corrected chi connectivity index (χ3v) is 2.70.